The standard InChI is InChI=1S/C17H28N2O/c1-3-19(16-11-7-10-15(16)12-18)17(13-20-2)14-8-5-4-6-9-14/h4-6,8-9,15-17H,3,7,10-13,18H2,1-2H3. The van der Waals surface area contributed by atoms with Crippen LogP contribution in [0.1, 0.15) is 37.8 Å². The Kier molecular flexibility index (Phi) is 6.02. The first kappa shape index (κ1) is 15.5. The monoisotopic (exact) mass is 276 g/mol. The molecule has 1 aromatic carbocycles. The molecule has 1 saturated carbocycles. The van der Waals surface area contributed by atoms with Gasteiger partial charge in [-0.25, -0.2) is 0 Å². The van der Waals surface area contributed by atoms with Gasteiger partial charge in [0.25, 0.3) is 0 Å². The molecule has 3 heteroatoms. The third kappa shape index (κ3) is 3.40. The van der Waals surface area contributed by atoms with Crippen LogP contribution in [0.2, 0.25) is 0 Å². The number of hydrogen-bond donors (Lipinski definition) is 1. The van der Waals surface area contributed by atoms with Crippen molar-refractivity contribution in [2.75, 3.05) is 26.8 Å². The second-order valence-electron chi connectivity index (χ2n) is 5.71. The number of likely N-dealkylation sites (N-methyl/N-ethyl adjacent to an activating group) is 1. The van der Waals surface area contributed by atoms with E-state index in [-0.39, 0.29) is 0 Å². The Morgan fingerprint density at radius 2 is 2.05 bits per heavy atom. The topological polar surface area (TPSA) is 38.5 Å². The molecular formula is C17H28N2O. The maximum atomic E-state index is 5.97. The molecule has 1 aliphatic rings. The molecule has 2 N–H and O–H groups in total. The first-order valence-corrected chi connectivity index (χ1v) is 7.81. The molecule has 2 rings (SSSR count). The Morgan fingerprint density at radius 3 is 2.65 bits per heavy atom. The average Bonchev–Trinajstić information content (AvgIpc) is 2.96. The third-order valence-corrected chi connectivity index (χ3v) is 4.62. The van der Waals surface area contributed by atoms with E-state index in [0.717, 1.165) is 19.7 Å². The van der Waals surface area contributed by atoms with Crippen molar-refractivity contribution in [2.24, 2.45) is 11.7 Å². The van der Waals surface area contributed by atoms with Crippen LogP contribution in [0.3, 0.4) is 0 Å². The lowest BCUT2D eigenvalue weighted by atomic mass is 9.97. The summed E-state index contributed by atoms with van der Waals surface area (Å²) in [4.78, 5) is 2.60. The van der Waals surface area contributed by atoms with Gasteiger partial charge in [-0.15, -0.1) is 0 Å². The van der Waals surface area contributed by atoms with Gasteiger partial charge in [0.15, 0.2) is 0 Å². The van der Waals surface area contributed by atoms with Crippen molar-refractivity contribution in [1.82, 2.24) is 4.90 Å². The number of hydrogen-bond acceptors (Lipinski definition) is 3. The fraction of sp³-hybridized carbons (Fsp3) is 0.647. The Bertz CT molecular complexity index is 382. The van der Waals surface area contributed by atoms with Gasteiger partial charge in [-0.1, -0.05) is 43.7 Å². The predicted octanol–water partition coefficient (Wildman–Crippen LogP) is 2.82. The fourth-order valence-corrected chi connectivity index (χ4v) is 3.63. The van der Waals surface area contributed by atoms with Crippen LogP contribution >= 0.6 is 0 Å². The van der Waals surface area contributed by atoms with Crippen LogP contribution in [0, 0.1) is 5.92 Å². The minimum atomic E-state index is 0.336. The molecular weight excluding hydrogens is 248 g/mol. The normalized spacial score (nSPS) is 24.2. The average molecular weight is 276 g/mol. The molecule has 0 heterocycles. The molecule has 0 spiro atoms. The number of rotatable bonds is 7. The summed E-state index contributed by atoms with van der Waals surface area (Å²) in [6.07, 6.45) is 3.84. The zero-order valence-electron chi connectivity index (χ0n) is 12.8. The molecule has 0 saturated heterocycles. The molecule has 0 radical (unpaired) electrons. The smallest absolute Gasteiger partial charge is 0.0659 e. The lowest BCUT2D eigenvalue weighted by Crippen LogP contribution is -2.43. The van der Waals surface area contributed by atoms with Crippen molar-refractivity contribution in [3.05, 3.63) is 35.9 Å². The van der Waals surface area contributed by atoms with Crippen molar-refractivity contribution in [2.45, 2.75) is 38.3 Å². The minimum absolute atomic E-state index is 0.336. The molecule has 3 nitrogen and oxygen atoms in total. The number of methoxy groups -OCH3 is 1. The van der Waals surface area contributed by atoms with Crippen LogP contribution in [0.5, 0.6) is 0 Å². The Labute approximate surface area is 123 Å². The van der Waals surface area contributed by atoms with Crippen molar-refractivity contribution in [1.29, 1.82) is 0 Å². The van der Waals surface area contributed by atoms with E-state index in [1.165, 1.54) is 24.8 Å². The maximum Gasteiger partial charge on any atom is 0.0659 e. The summed E-state index contributed by atoms with van der Waals surface area (Å²) in [5, 5.41) is 0. The summed E-state index contributed by atoms with van der Waals surface area (Å²) in [6, 6.07) is 11.6. The van der Waals surface area contributed by atoms with Gasteiger partial charge in [0.05, 0.1) is 12.6 Å². The second kappa shape index (κ2) is 7.77. The molecule has 3 atom stereocenters. The lowest BCUT2D eigenvalue weighted by Gasteiger charge is -2.38. The molecule has 3 unspecified atom stereocenters. The molecule has 1 fully saturated rings. The third-order valence-electron chi connectivity index (χ3n) is 4.62. The van der Waals surface area contributed by atoms with E-state index in [9.17, 15) is 0 Å². The van der Waals surface area contributed by atoms with Gasteiger partial charge >= 0.3 is 0 Å². The maximum absolute atomic E-state index is 5.97. The molecule has 0 aliphatic heterocycles. The summed E-state index contributed by atoms with van der Waals surface area (Å²) >= 11 is 0. The van der Waals surface area contributed by atoms with Gasteiger partial charge in [0.2, 0.25) is 0 Å². The highest BCUT2D eigenvalue weighted by molar-refractivity contribution is 5.19. The van der Waals surface area contributed by atoms with Crippen LogP contribution in [0.15, 0.2) is 30.3 Å². The van der Waals surface area contributed by atoms with E-state index in [1.807, 2.05) is 0 Å². The first-order valence-electron chi connectivity index (χ1n) is 7.81. The summed E-state index contributed by atoms with van der Waals surface area (Å²) in [5.74, 6) is 0.637. The highest BCUT2D eigenvalue weighted by atomic mass is 16.5. The number of nitrogens with zero attached hydrogens (tertiary/aromatic N) is 1. The van der Waals surface area contributed by atoms with E-state index in [0.29, 0.717) is 18.0 Å². The zero-order valence-corrected chi connectivity index (χ0v) is 12.8. The van der Waals surface area contributed by atoms with Gasteiger partial charge in [-0.05, 0) is 37.4 Å². The second-order valence-corrected chi connectivity index (χ2v) is 5.71. The largest absolute Gasteiger partial charge is 0.383 e. The van der Waals surface area contributed by atoms with Gasteiger partial charge < -0.3 is 10.5 Å². The van der Waals surface area contributed by atoms with E-state index in [4.69, 9.17) is 10.5 Å². The Balaban J connectivity index is 2.21. The quantitative estimate of drug-likeness (QED) is 0.832. The molecule has 1 aromatic rings. The van der Waals surface area contributed by atoms with Crippen LogP contribution in [-0.4, -0.2) is 37.7 Å². The van der Waals surface area contributed by atoms with E-state index in [1.54, 1.807) is 7.11 Å². The predicted molar refractivity (Wildman–Crippen MR) is 83.6 cm³/mol. The molecule has 1 aliphatic carbocycles. The summed E-state index contributed by atoms with van der Waals surface area (Å²) in [5.41, 5.74) is 7.32. The van der Waals surface area contributed by atoms with Crippen LogP contribution in [0.25, 0.3) is 0 Å². The fourth-order valence-electron chi connectivity index (χ4n) is 3.63. The summed E-state index contributed by atoms with van der Waals surface area (Å²) in [6.45, 7) is 4.84. The van der Waals surface area contributed by atoms with Gasteiger partial charge in [-0.2, -0.15) is 0 Å². The lowest BCUT2D eigenvalue weighted by molar-refractivity contribution is 0.0510. The van der Waals surface area contributed by atoms with Crippen LogP contribution in [0.4, 0.5) is 0 Å². The van der Waals surface area contributed by atoms with Crippen molar-refractivity contribution >= 4 is 0 Å². The molecule has 112 valence electrons. The molecule has 0 amide bonds. The molecule has 0 aromatic heterocycles. The highest BCUT2D eigenvalue weighted by Gasteiger charge is 2.34. The summed E-state index contributed by atoms with van der Waals surface area (Å²) < 4.78 is 5.50. The molecule has 20 heavy (non-hydrogen) atoms. The van der Waals surface area contributed by atoms with Gasteiger partial charge in [-0.3, -0.25) is 4.90 Å². The Hall–Kier alpha value is -0.900. The van der Waals surface area contributed by atoms with Gasteiger partial charge in [0.1, 0.15) is 0 Å². The number of ether oxygens (including phenoxy) is 1. The zero-order chi connectivity index (χ0) is 14.4. The van der Waals surface area contributed by atoms with Crippen LogP contribution < -0.4 is 5.73 Å². The van der Waals surface area contributed by atoms with Crippen molar-refractivity contribution in [3.63, 3.8) is 0 Å². The highest BCUT2D eigenvalue weighted by Crippen LogP contribution is 2.34. The number of benzene rings is 1. The SMILES string of the molecule is CCN(C(COC)c1ccccc1)C1CCCC1CN. The van der Waals surface area contributed by atoms with Gasteiger partial charge in [0, 0.05) is 13.2 Å². The minimum Gasteiger partial charge on any atom is -0.383 e. The summed E-state index contributed by atoms with van der Waals surface area (Å²) in [7, 11) is 1.79. The van der Waals surface area contributed by atoms with Crippen LogP contribution in [-0.2, 0) is 4.74 Å². The van der Waals surface area contributed by atoms with E-state index < -0.39 is 0 Å². The van der Waals surface area contributed by atoms with E-state index >= 15 is 0 Å². The van der Waals surface area contributed by atoms with E-state index in [2.05, 4.69) is 42.2 Å². The first-order chi connectivity index (χ1) is 9.81. The Morgan fingerprint density at radius 1 is 1.30 bits per heavy atom. The molecule has 0 bridgehead atoms. The van der Waals surface area contributed by atoms with Crippen molar-refractivity contribution in [3.8, 4) is 0 Å². The number of nitrogens with two attached hydrogens (primary N) is 1. The van der Waals surface area contributed by atoms with Crippen molar-refractivity contribution < 1.29 is 4.74 Å².